The molecule has 0 aliphatic rings. The number of benzene rings is 1. The van der Waals surface area contributed by atoms with Crippen LogP contribution in [0, 0.1) is 13.8 Å². The lowest BCUT2D eigenvalue weighted by molar-refractivity contribution is -0.168. The summed E-state index contributed by atoms with van der Waals surface area (Å²) in [6.07, 6.45) is -3.76. The Balaban J connectivity index is 2.47. The van der Waals surface area contributed by atoms with Gasteiger partial charge in [0.25, 0.3) is 0 Å². The van der Waals surface area contributed by atoms with Crippen LogP contribution >= 0.6 is 0 Å². The molecule has 0 amide bonds. The van der Waals surface area contributed by atoms with Crippen molar-refractivity contribution in [1.29, 1.82) is 0 Å². The van der Waals surface area contributed by atoms with Crippen LogP contribution in [0.5, 0.6) is 0 Å². The molecule has 6 heteroatoms. The summed E-state index contributed by atoms with van der Waals surface area (Å²) in [6.45, 7) is 1.64. The van der Waals surface area contributed by atoms with Gasteiger partial charge in [-0.15, -0.1) is 0 Å². The summed E-state index contributed by atoms with van der Waals surface area (Å²) in [5, 5.41) is 0. The average molecular weight is 292 g/mol. The first-order valence-electron chi connectivity index (χ1n) is 6.04. The second-order valence-corrected chi connectivity index (χ2v) is 4.70. The largest absolute Gasteiger partial charge is 0.367 e. The Bertz CT molecular complexity index is 472. The van der Waals surface area contributed by atoms with Crippen LogP contribution in [0.25, 0.3) is 0 Å². The quantitative estimate of drug-likeness (QED) is 0.721. The molecule has 0 spiro atoms. The van der Waals surface area contributed by atoms with E-state index in [-0.39, 0.29) is 6.42 Å². The van der Waals surface area contributed by atoms with E-state index >= 15 is 0 Å². The van der Waals surface area contributed by atoms with Crippen molar-refractivity contribution in [2.24, 2.45) is 0 Å². The number of Topliss-reactive ketones (excluding diaryl/α,β-unsaturated/α-hetero) is 1. The Morgan fingerprint density at radius 2 is 1.95 bits per heavy atom. The summed E-state index contributed by atoms with van der Waals surface area (Å²) < 4.78 is 53.2. The van der Waals surface area contributed by atoms with Crippen LogP contribution in [-0.4, -0.2) is 31.3 Å². The number of carbonyl (C=O) groups excluding carboxylic acids is 1. The molecule has 0 atom stereocenters. The van der Waals surface area contributed by atoms with Crippen molar-refractivity contribution in [3.05, 3.63) is 34.9 Å². The number of carbonyl (C=O) groups is 1. The number of aryl methyl sites for hydroxylation is 2. The van der Waals surface area contributed by atoms with E-state index in [0.717, 1.165) is 16.7 Å². The highest BCUT2D eigenvalue weighted by Crippen LogP contribution is 2.22. The summed E-state index contributed by atoms with van der Waals surface area (Å²) in [6, 6.07) is 5.56. The molecule has 0 fully saturated rings. The maximum absolute atomic E-state index is 12.6. The number of hydrogen-bond donors (Lipinski definition) is 0. The van der Waals surface area contributed by atoms with E-state index < -0.39 is 31.3 Å². The van der Waals surface area contributed by atoms with Crippen molar-refractivity contribution in [1.82, 2.24) is 0 Å². The number of hydrogen-bond acceptors (Lipinski definition) is 2. The number of ether oxygens (including phenoxy) is 1. The van der Waals surface area contributed by atoms with Gasteiger partial charge in [0.15, 0.2) is 5.78 Å². The van der Waals surface area contributed by atoms with Crippen molar-refractivity contribution in [3.8, 4) is 0 Å². The van der Waals surface area contributed by atoms with Gasteiger partial charge in [0.2, 0.25) is 0 Å². The van der Waals surface area contributed by atoms with Crippen molar-refractivity contribution in [3.63, 3.8) is 0 Å². The van der Waals surface area contributed by atoms with Gasteiger partial charge in [0, 0.05) is 6.42 Å². The molecule has 2 nitrogen and oxygen atoms in total. The van der Waals surface area contributed by atoms with E-state index in [4.69, 9.17) is 0 Å². The molecular formula is C14H16F4O2. The third-order valence-electron chi connectivity index (χ3n) is 2.77. The standard InChI is InChI=1S/C14H16F4O2/c1-9-3-4-10(2)11(5-9)6-12(19)7-20-8-14(17,18)13(15)16/h3-5,13H,6-8H2,1-2H3. The highest BCUT2D eigenvalue weighted by Gasteiger charge is 2.41. The molecule has 0 saturated carbocycles. The first-order valence-corrected chi connectivity index (χ1v) is 6.04. The topological polar surface area (TPSA) is 26.3 Å². The van der Waals surface area contributed by atoms with Gasteiger partial charge in [0.05, 0.1) is 0 Å². The molecule has 0 aliphatic heterocycles. The molecule has 0 N–H and O–H groups in total. The molecular weight excluding hydrogens is 276 g/mol. The zero-order chi connectivity index (χ0) is 15.3. The van der Waals surface area contributed by atoms with Crippen molar-refractivity contribution >= 4 is 5.78 Å². The molecule has 0 aliphatic carbocycles. The molecule has 20 heavy (non-hydrogen) atoms. The van der Waals surface area contributed by atoms with Gasteiger partial charge in [-0.2, -0.15) is 8.78 Å². The monoisotopic (exact) mass is 292 g/mol. The molecule has 0 heterocycles. The van der Waals surface area contributed by atoms with Crippen LogP contribution in [0.3, 0.4) is 0 Å². The fourth-order valence-corrected chi connectivity index (χ4v) is 1.62. The van der Waals surface area contributed by atoms with E-state index in [1.165, 1.54) is 0 Å². The van der Waals surface area contributed by atoms with E-state index in [1.807, 2.05) is 32.0 Å². The van der Waals surface area contributed by atoms with Crippen molar-refractivity contribution < 1.29 is 27.1 Å². The van der Waals surface area contributed by atoms with Crippen molar-refractivity contribution in [2.45, 2.75) is 32.6 Å². The van der Waals surface area contributed by atoms with Gasteiger partial charge >= 0.3 is 12.3 Å². The molecule has 0 unspecified atom stereocenters. The highest BCUT2D eigenvalue weighted by atomic mass is 19.3. The second-order valence-electron chi connectivity index (χ2n) is 4.70. The lowest BCUT2D eigenvalue weighted by atomic mass is 10.0. The van der Waals surface area contributed by atoms with Gasteiger partial charge < -0.3 is 4.74 Å². The Hall–Kier alpha value is -1.43. The molecule has 0 aromatic heterocycles. The zero-order valence-corrected chi connectivity index (χ0v) is 11.3. The summed E-state index contributed by atoms with van der Waals surface area (Å²) in [5.74, 6) is -4.65. The molecule has 0 saturated heterocycles. The van der Waals surface area contributed by atoms with Gasteiger partial charge in [-0.25, -0.2) is 8.78 Å². The van der Waals surface area contributed by atoms with Crippen LogP contribution in [0.15, 0.2) is 18.2 Å². The minimum Gasteiger partial charge on any atom is -0.367 e. The first kappa shape index (κ1) is 16.6. The third-order valence-corrected chi connectivity index (χ3v) is 2.77. The fourth-order valence-electron chi connectivity index (χ4n) is 1.62. The number of rotatable bonds is 7. The molecule has 1 aromatic rings. The number of alkyl halides is 4. The SMILES string of the molecule is Cc1ccc(C)c(CC(=O)COCC(F)(F)C(F)F)c1. The molecule has 112 valence electrons. The number of ketones is 1. The van der Waals surface area contributed by atoms with Crippen LogP contribution in [0.1, 0.15) is 16.7 Å². The average Bonchev–Trinajstić information content (AvgIpc) is 2.33. The molecule has 0 radical (unpaired) electrons. The maximum atomic E-state index is 12.6. The Morgan fingerprint density at radius 1 is 1.30 bits per heavy atom. The Labute approximate surface area is 114 Å². The van der Waals surface area contributed by atoms with Crippen LogP contribution in [0.4, 0.5) is 17.6 Å². The van der Waals surface area contributed by atoms with Crippen LogP contribution < -0.4 is 0 Å². The smallest absolute Gasteiger partial charge is 0.330 e. The molecule has 1 rings (SSSR count). The lowest BCUT2D eigenvalue weighted by Crippen LogP contribution is -2.33. The van der Waals surface area contributed by atoms with Crippen LogP contribution in [-0.2, 0) is 16.0 Å². The predicted octanol–water partition coefficient (Wildman–Crippen LogP) is 3.33. The Morgan fingerprint density at radius 3 is 2.55 bits per heavy atom. The van der Waals surface area contributed by atoms with Gasteiger partial charge in [0.1, 0.15) is 13.2 Å². The minimum atomic E-state index is -4.22. The van der Waals surface area contributed by atoms with Gasteiger partial charge in [-0.3, -0.25) is 4.79 Å². The summed E-state index contributed by atoms with van der Waals surface area (Å²) in [4.78, 5) is 11.6. The maximum Gasteiger partial charge on any atom is 0.330 e. The van der Waals surface area contributed by atoms with Gasteiger partial charge in [-0.1, -0.05) is 23.8 Å². The van der Waals surface area contributed by atoms with Crippen LogP contribution in [0.2, 0.25) is 0 Å². The first-order chi connectivity index (χ1) is 9.22. The summed E-state index contributed by atoms with van der Waals surface area (Å²) in [5.41, 5.74) is 2.66. The fraction of sp³-hybridized carbons (Fsp3) is 0.500. The molecule has 0 bridgehead atoms. The lowest BCUT2D eigenvalue weighted by Gasteiger charge is -2.15. The zero-order valence-electron chi connectivity index (χ0n) is 11.3. The van der Waals surface area contributed by atoms with E-state index in [1.54, 1.807) is 0 Å². The van der Waals surface area contributed by atoms with E-state index in [0.29, 0.717) is 0 Å². The van der Waals surface area contributed by atoms with E-state index in [9.17, 15) is 22.4 Å². The number of halogens is 4. The Kier molecular flexibility index (Phi) is 5.68. The second kappa shape index (κ2) is 6.83. The highest BCUT2D eigenvalue weighted by molar-refractivity contribution is 5.82. The normalized spacial score (nSPS) is 11.9. The summed E-state index contributed by atoms with van der Waals surface area (Å²) in [7, 11) is 0. The van der Waals surface area contributed by atoms with E-state index in [2.05, 4.69) is 4.74 Å². The molecule has 1 aromatic carbocycles. The summed E-state index contributed by atoms with van der Waals surface area (Å²) >= 11 is 0. The van der Waals surface area contributed by atoms with Crippen molar-refractivity contribution in [2.75, 3.05) is 13.2 Å². The third kappa shape index (κ3) is 4.92. The predicted molar refractivity (Wildman–Crippen MR) is 66.4 cm³/mol. The van der Waals surface area contributed by atoms with Gasteiger partial charge in [-0.05, 0) is 25.0 Å². The minimum absolute atomic E-state index is 0.0355.